The third-order valence-corrected chi connectivity index (χ3v) is 3.42. The third-order valence-electron chi connectivity index (χ3n) is 3.42. The van der Waals surface area contributed by atoms with Gasteiger partial charge in [-0.2, -0.15) is 0 Å². The van der Waals surface area contributed by atoms with Gasteiger partial charge in [0.15, 0.2) is 0 Å². The van der Waals surface area contributed by atoms with Crippen LogP contribution in [0.3, 0.4) is 0 Å². The van der Waals surface area contributed by atoms with Crippen LogP contribution in [-0.4, -0.2) is 12.7 Å². The van der Waals surface area contributed by atoms with Crippen LogP contribution >= 0.6 is 0 Å². The topological polar surface area (TPSA) is 87.6 Å². The van der Waals surface area contributed by atoms with Crippen molar-refractivity contribution in [3.63, 3.8) is 0 Å². The number of para-hydroxylation sites is 1. The monoisotopic (exact) mass is 314 g/mol. The van der Waals surface area contributed by atoms with Crippen LogP contribution in [0.25, 0.3) is 0 Å². The molecule has 0 aliphatic rings. The van der Waals surface area contributed by atoms with E-state index in [2.05, 4.69) is 0 Å². The summed E-state index contributed by atoms with van der Waals surface area (Å²) in [5.74, 6) is 1.56. The number of hydrogen-bond acceptors (Lipinski definition) is 4. The van der Waals surface area contributed by atoms with Gasteiger partial charge in [-0.1, -0.05) is 30.3 Å². The van der Waals surface area contributed by atoms with E-state index >= 15 is 0 Å². The van der Waals surface area contributed by atoms with E-state index in [4.69, 9.17) is 20.9 Å². The Labute approximate surface area is 136 Å². The molecule has 0 heterocycles. The molecule has 0 aromatic heterocycles. The van der Waals surface area contributed by atoms with E-state index in [1.165, 1.54) is 0 Å². The van der Waals surface area contributed by atoms with E-state index in [1.54, 1.807) is 0 Å². The molecule has 1 amide bonds. The summed E-state index contributed by atoms with van der Waals surface area (Å²) in [4.78, 5) is 10.5. The molecule has 2 aromatic carbocycles. The zero-order valence-electron chi connectivity index (χ0n) is 13.0. The molecule has 0 radical (unpaired) electrons. The van der Waals surface area contributed by atoms with Gasteiger partial charge in [0.25, 0.3) is 0 Å². The summed E-state index contributed by atoms with van der Waals surface area (Å²) < 4.78 is 10.5. The zero-order valence-corrected chi connectivity index (χ0v) is 13.0. The van der Waals surface area contributed by atoms with E-state index in [0.29, 0.717) is 6.61 Å². The second-order valence-corrected chi connectivity index (χ2v) is 5.26. The number of nitrogens with two attached hydrogens (primary N) is 2. The van der Waals surface area contributed by atoms with Crippen molar-refractivity contribution in [2.75, 3.05) is 6.61 Å². The lowest BCUT2D eigenvalue weighted by molar-refractivity contribution is 0.154. The molecule has 0 bridgehead atoms. The summed E-state index contributed by atoms with van der Waals surface area (Å²) >= 11 is 0. The first kappa shape index (κ1) is 16.8. The minimum Gasteiger partial charge on any atom is -0.457 e. The van der Waals surface area contributed by atoms with Gasteiger partial charge in [0.05, 0.1) is 6.61 Å². The standard InChI is InChI=1S/C18H22N2O3/c19-17(11-4-5-12-22-18(20)21)14-7-6-10-16(13-14)23-15-8-2-1-3-9-15/h1-3,6-10,13,17H,4-5,11-12,19H2,(H2,20,21)/t17-/m0/s1. The van der Waals surface area contributed by atoms with Crippen molar-refractivity contribution in [1.82, 2.24) is 0 Å². The number of carbonyl (C=O) groups excluding carboxylic acids is 1. The van der Waals surface area contributed by atoms with E-state index in [9.17, 15) is 4.79 Å². The highest BCUT2D eigenvalue weighted by Gasteiger charge is 2.07. The summed E-state index contributed by atoms with van der Waals surface area (Å²) in [6.07, 6.45) is 1.67. The predicted molar refractivity (Wildman–Crippen MR) is 89.3 cm³/mol. The number of rotatable bonds is 8. The Morgan fingerprint density at radius 3 is 2.48 bits per heavy atom. The molecule has 5 nitrogen and oxygen atoms in total. The van der Waals surface area contributed by atoms with Gasteiger partial charge in [-0.3, -0.25) is 0 Å². The largest absolute Gasteiger partial charge is 0.457 e. The fourth-order valence-corrected chi connectivity index (χ4v) is 2.24. The van der Waals surface area contributed by atoms with Gasteiger partial charge in [0.2, 0.25) is 0 Å². The van der Waals surface area contributed by atoms with Crippen LogP contribution in [0.15, 0.2) is 54.6 Å². The highest BCUT2D eigenvalue weighted by Crippen LogP contribution is 2.25. The van der Waals surface area contributed by atoms with Crippen LogP contribution in [0, 0.1) is 0 Å². The molecule has 1 atom stereocenters. The van der Waals surface area contributed by atoms with Gasteiger partial charge < -0.3 is 20.9 Å². The van der Waals surface area contributed by atoms with E-state index in [0.717, 1.165) is 36.3 Å². The van der Waals surface area contributed by atoms with Crippen molar-refractivity contribution < 1.29 is 14.3 Å². The number of primary amides is 1. The molecule has 0 aliphatic heterocycles. The molecular formula is C18H22N2O3. The summed E-state index contributed by atoms with van der Waals surface area (Å²) in [6, 6.07) is 17.3. The maximum atomic E-state index is 10.5. The highest BCUT2D eigenvalue weighted by atomic mass is 16.5. The van der Waals surface area contributed by atoms with Gasteiger partial charge in [0.1, 0.15) is 11.5 Å². The molecule has 0 saturated carbocycles. The average Bonchev–Trinajstić information content (AvgIpc) is 2.55. The summed E-state index contributed by atoms with van der Waals surface area (Å²) in [6.45, 7) is 0.333. The Bertz CT molecular complexity index is 617. The number of unbranched alkanes of at least 4 members (excludes halogenated alkanes) is 1. The van der Waals surface area contributed by atoms with E-state index in [-0.39, 0.29) is 6.04 Å². The summed E-state index contributed by atoms with van der Waals surface area (Å²) in [7, 11) is 0. The predicted octanol–water partition coefficient (Wildman–Crippen LogP) is 3.74. The third kappa shape index (κ3) is 6.00. The molecule has 23 heavy (non-hydrogen) atoms. The smallest absolute Gasteiger partial charge is 0.404 e. The molecule has 122 valence electrons. The molecule has 0 saturated heterocycles. The summed E-state index contributed by atoms with van der Waals surface area (Å²) in [5, 5.41) is 0. The number of benzene rings is 2. The molecule has 0 spiro atoms. The van der Waals surface area contributed by atoms with Crippen molar-refractivity contribution in [3.05, 3.63) is 60.2 Å². The van der Waals surface area contributed by atoms with Crippen LogP contribution in [-0.2, 0) is 4.74 Å². The fraction of sp³-hybridized carbons (Fsp3) is 0.278. The molecule has 2 aromatic rings. The Balaban J connectivity index is 1.85. The normalized spacial score (nSPS) is 11.7. The van der Waals surface area contributed by atoms with E-state index in [1.807, 2.05) is 54.6 Å². The van der Waals surface area contributed by atoms with Crippen LogP contribution < -0.4 is 16.2 Å². The Hall–Kier alpha value is -2.53. The van der Waals surface area contributed by atoms with Gasteiger partial charge in [-0.25, -0.2) is 4.79 Å². The van der Waals surface area contributed by atoms with Crippen molar-refractivity contribution in [2.45, 2.75) is 25.3 Å². The quantitative estimate of drug-likeness (QED) is 0.726. The second-order valence-electron chi connectivity index (χ2n) is 5.26. The molecule has 4 N–H and O–H groups in total. The minimum atomic E-state index is -0.736. The van der Waals surface area contributed by atoms with Crippen LogP contribution in [0.5, 0.6) is 11.5 Å². The number of ether oxygens (including phenoxy) is 2. The molecule has 5 heteroatoms. The lowest BCUT2D eigenvalue weighted by Crippen LogP contribution is -2.14. The minimum absolute atomic E-state index is 0.0806. The van der Waals surface area contributed by atoms with Gasteiger partial charge >= 0.3 is 6.09 Å². The molecule has 2 rings (SSSR count). The first-order valence-electron chi connectivity index (χ1n) is 7.66. The number of amides is 1. The first-order chi connectivity index (χ1) is 11.1. The second kappa shape index (κ2) is 8.80. The van der Waals surface area contributed by atoms with E-state index < -0.39 is 6.09 Å². The molecular weight excluding hydrogens is 292 g/mol. The number of carbonyl (C=O) groups is 1. The zero-order chi connectivity index (χ0) is 16.5. The molecule has 0 aliphatic carbocycles. The Morgan fingerprint density at radius 2 is 1.74 bits per heavy atom. The lowest BCUT2D eigenvalue weighted by Gasteiger charge is -2.13. The van der Waals surface area contributed by atoms with Crippen LogP contribution in [0.1, 0.15) is 30.9 Å². The fourth-order valence-electron chi connectivity index (χ4n) is 2.24. The van der Waals surface area contributed by atoms with Gasteiger partial charge in [-0.05, 0) is 49.1 Å². The van der Waals surface area contributed by atoms with Crippen LogP contribution in [0.2, 0.25) is 0 Å². The maximum Gasteiger partial charge on any atom is 0.404 e. The average molecular weight is 314 g/mol. The molecule has 0 unspecified atom stereocenters. The molecule has 0 fully saturated rings. The van der Waals surface area contributed by atoms with Crippen molar-refractivity contribution in [1.29, 1.82) is 0 Å². The maximum absolute atomic E-state index is 10.5. The Morgan fingerprint density at radius 1 is 1.00 bits per heavy atom. The first-order valence-corrected chi connectivity index (χ1v) is 7.66. The Kier molecular flexibility index (Phi) is 6.44. The number of hydrogen-bond donors (Lipinski definition) is 2. The van der Waals surface area contributed by atoms with Crippen molar-refractivity contribution >= 4 is 6.09 Å². The van der Waals surface area contributed by atoms with Crippen molar-refractivity contribution in [3.8, 4) is 11.5 Å². The van der Waals surface area contributed by atoms with Crippen molar-refractivity contribution in [2.24, 2.45) is 11.5 Å². The highest BCUT2D eigenvalue weighted by molar-refractivity contribution is 5.64. The van der Waals surface area contributed by atoms with Crippen LogP contribution in [0.4, 0.5) is 4.79 Å². The summed E-state index contributed by atoms with van der Waals surface area (Å²) in [5.41, 5.74) is 12.1. The van der Waals surface area contributed by atoms with Gasteiger partial charge in [-0.15, -0.1) is 0 Å². The van der Waals surface area contributed by atoms with Gasteiger partial charge in [0, 0.05) is 6.04 Å². The lowest BCUT2D eigenvalue weighted by atomic mass is 10.0. The SMILES string of the molecule is NC(=O)OCCCC[C@H](N)c1cccc(Oc2ccccc2)c1.